The summed E-state index contributed by atoms with van der Waals surface area (Å²) >= 11 is 1.64. The number of esters is 1. The number of carbonyl (C=O) groups excluding carboxylic acids is 2. The van der Waals surface area contributed by atoms with E-state index in [9.17, 15) is 9.59 Å². The maximum Gasteiger partial charge on any atom is 0.321 e. The summed E-state index contributed by atoms with van der Waals surface area (Å²) < 4.78 is 11.3. The number of nitrogens with zero attached hydrogens (tertiary/aromatic N) is 1. The molecule has 0 aromatic heterocycles. The Hall–Kier alpha value is -1.73. The number of anilines is 1. The van der Waals surface area contributed by atoms with Gasteiger partial charge >= 0.3 is 12.0 Å². The minimum absolute atomic E-state index is 0.114. The highest BCUT2D eigenvalue weighted by molar-refractivity contribution is 7.98. The van der Waals surface area contributed by atoms with Crippen molar-refractivity contribution in [3.63, 3.8) is 0 Å². The summed E-state index contributed by atoms with van der Waals surface area (Å²) in [6, 6.07) is 7.70. The normalized spacial score (nSPS) is 21.4. The van der Waals surface area contributed by atoms with E-state index in [0.29, 0.717) is 39.0 Å². The zero-order valence-electron chi connectivity index (χ0n) is 17.4. The van der Waals surface area contributed by atoms with Gasteiger partial charge in [0.25, 0.3) is 0 Å². The van der Waals surface area contributed by atoms with Crippen LogP contribution in [0.4, 0.5) is 10.5 Å². The highest BCUT2D eigenvalue weighted by atomic mass is 32.2. The third kappa shape index (κ3) is 5.66. The molecule has 29 heavy (non-hydrogen) atoms. The van der Waals surface area contributed by atoms with Crippen LogP contribution in [0.25, 0.3) is 0 Å². The van der Waals surface area contributed by atoms with Crippen LogP contribution in [0, 0.1) is 5.41 Å². The molecule has 2 saturated heterocycles. The lowest BCUT2D eigenvalue weighted by atomic mass is 9.73. The van der Waals surface area contributed by atoms with Crippen LogP contribution in [0.15, 0.2) is 29.2 Å². The molecule has 160 valence electrons. The van der Waals surface area contributed by atoms with Crippen LogP contribution >= 0.6 is 11.8 Å². The van der Waals surface area contributed by atoms with Crippen molar-refractivity contribution < 1.29 is 19.1 Å². The number of carbonyl (C=O) groups is 2. The molecule has 6 nitrogen and oxygen atoms in total. The lowest BCUT2D eigenvalue weighted by Crippen LogP contribution is -2.49. The van der Waals surface area contributed by atoms with Crippen LogP contribution in [0.3, 0.4) is 0 Å². The molecule has 2 aliphatic heterocycles. The van der Waals surface area contributed by atoms with Gasteiger partial charge < -0.3 is 19.7 Å². The van der Waals surface area contributed by atoms with E-state index >= 15 is 0 Å². The number of rotatable bonds is 6. The molecule has 2 fully saturated rings. The summed E-state index contributed by atoms with van der Waals surface area (Å²) in [5.41, 5.74) is 0.243. The molecular weight excluding hydrogens is 388 g/mol. The standard InChI is InChI=1S/C22H32N2O4S/c1-3-27-20(25)22(16-18-8-4-5-14-28-18)10-12-24(13-11-22)21(26)23-17-7-6-9-19(15-17)29-2/h6-7,9,15,18H,3-5,8,10-14,16H2,1-2H3,(H,23,26). The maximum atomic E-state index is 12.8. The first-order chi connectivity index (χ1) is 14.1. The molecule has 0 spiro atoms. The van der Waals surface area contributed by atoms with Crippen molar-refractivity contribution in [3.8, 4) is 0 Å². The second-order valence-corrected chi connectivity index (χ2v) is 8.72. The van der Waals surface area contributed by atoms with Crippen molar-refractivity contribution in [2.45, 2.75) is 56.4 Å². The van der Waals surface area contributed by atoms with Gasteiger partial charge in [-0.2, -0.15) is 0 Å². The third-order valence-corrected chi connectivity index (χ3v) is 6.65. The molecular formula is C22H32N2O4S. The van der Waals surface area contributed by atoms with E-state index in [1.165, 1.54) is 0 Å². The zero-order valence-corrected chi connectivity index (χ0v) is 18.3. The van der Waals surface area contributed by atoms with Gasteiger partial charge in [-0.3, -0.25) is 4.79 Å². The molecule has 2 heterocycles. The summed E-state index contributed by atoms with van der Waals surface area (Å²) in [5.74, 6) is -0.137. The van der Waals surface area contributed by atoms with Crippen LogP contribution < -0.4 is 5.32 Å². The molecule has 2 aliphatic rings. The van der Waals surface area contributed by atoms with Gasteiger partial charge in [-0.15, -0.1) is 11.8 Å². The van der Waals surface area contributed by atoms with Gasteiger partial charge in [0.05, 0.1) is 18.1 Å². The fourth-order valence-electron chi connectivity index (χ4n) is 4.22. The lowest BCUT2D eigenvalue weighted by Gasteiger charge is -2.42. The minimum atomic E-state index is -0.548. The Morgan fingerprint density at radius 2 is 2.10 bits per heavy atom. The number of nitrogens with one attached hydrogen (secondary N) is 1. The monoisotopic (exact) mass is 420 g/mol. The van der Waals surface area contributed by atoms with Crippen LogP contribution in [0.5, 0.6) is 0 Å². The van der Waals surface area contributed by atoms with Gasteiger partial charge in [0.2, 0.25) is 0 Å². The van der Waals surface area contributed by atoms with E-state index in [0.717, 1.165) is 36.5 Å². The SMILES string of the molecule is CCOC(=O)C1(CC2CCCCO2)CCN(C(=O)Nc2cccc(SC)c2)CC1. The molecule has 3 rings (SSSR count). The van der Waals surface area contributed by atoms with Crippen LogP contribution in [-0.2, 0) is 14.3 Å². The first-order valence-corrected chi connectivity index (χ1v) is 11.8. The van der Waals surface area contributed by atoms with Crippen LogP contribution in [0.1, 0.15) is 45.4 Å². The number of hydrogen-bond donors (Lipinski definition) is 1. The van der Waals surface area contributed by atoms with E-state index in [-0.39, 0.29) is 18.1 Å². The van der Waals surface area contributed by atoms with E-state index in [2.05, 4.69) is 5.32 Å². The molecule has 1 unspecified atom stereocenters. The topological polar surface area (TPSA) is 67.9 Å². The Bertz CT molecular complexity index is 698. The predicted octanol–water partition coefficient (Wildman–Crippen LogP) is 4.54. The third-order valence-electron chi connectivity index (χ3n) is 5.93. The Morgan fingerprint density at radius 1 is 1.31 bits per heavy atom. The van der Waals surface area contributed by atoms with E-state index < -0.39 is 5.41 Å². The molecule has 7 heteroatoms. The van der Waals surface area contributed by atoms with Crippen molar-refractivity contribution in [2.75, 3.05) is 37.9 Å². The van der Waals surface area contributed by atoms with Crippen molar-refractivity contribution in [1.82, 2.24) is 4.90 Å². The Balaban J connectivity index is 1.62. The van der Waals surface area contributed by atoms with Crippen molar-refractivity contribution >= 4 is 29.4 Å². The minimum Gasteiger partial charge on any atom is -0.466 e. The Kier molecular flexibility index (Phi) is 7.84. The highest BCUT2D eigenvalue weighted by Crippen LogP contribution is 2.40. The highest BCUT2D eigenvalue weighted by Gasteiger charge is 2.45. The van der Waals surface area contributed by atoms with E-state index in [1.54, 1.807) is 16.7 Å². The number of ether oxygens (including phenoxy) is 2. The van der Waals surface area contributed by atoms with Crippen LogP contribution in [0.2, 0.25) is 0 Å². The fourth-order valence-corrected chi connectivity index (χ4v) is 4.68. The summed E-state index contributed by atoms with van der Waals surface area (Å²) in [6.45, 7) is 4.07. The number of urea groups is 1. The predicted molar refractivity (Wildman–Crippen MR) is 115 cm³/mol. The molecule has 1 atom stereocenters. The number of likely N-dealkylation sites (tertiary alicyclic amines) is 1. The number of benzene rings is 1. The van der Waals surface area contributed by atoms with Crippen molar-refractivity contribution in [3.05, 3.63) is 24.3 Å². The average Bonchev–Trinajstić information content (AvgIpc) is 2.75. The number of piperidine rings is 1. The average molecular weight is 421 g/mol. The van der Waals surface area contributed by atoms with Gasteiger partial charge in [-0.05, 0) is 69.9 Å². The van der Waals surface area contributed by atoms with Gasteiger partial charge in [0, 0.05) is 30.3 Å². The molecule has 2 amide bonds. The van der Waals surface area contributed by atoms with E-state index in [4.69, 9.17) is 9.47 Å². The first-order valence-electron chi connectivity index (χ1n) is 10.5. The van der Waals surface area contributed by atoms with Gasteiger partial charge in [0.1, 0.15) is 0 Å². The quantitative estimate of drug-likeness (QED) is 0.540. The molecule has 0 aliphatic carbocycles. The number of amides is 2. The van der Waals surface area contributed by atoms with Gasteiger partial charge in [0.15, 0.2) is 0 Å². The molecule has 1 aromatic carbocycles. The molecule has 0 radical (unpaired) electrons. The van der Waals surface area contributed by atoms with Gasteiger partial charge in [-0.1, -0.05) is 6.07 Å². The summed E-state index contributed by atoms with van der Waals surface area (Å²) in [6.07, 6.45) is 7.28. The first kappa shape index (κ1) is 22.0. The number of thioether (sulfide) groups is 1. The smallest absolute Gasteiger partial charge is 0.321 e. The summed E-state index contributed by atoms with van der Waals surface area (Å²) in [7, 11) is 0. The second kappa shape index (κ2) is 10.3. The summed E-state index contributed by atoms with van der Waals surface area (Å²) in [5, 5.41) is 2.98. The maximum absolute atomic E-state index is 12.8. The van der Waals surface area contributed by atoms with Gasteiger partial charge in [-0.25, -0.2) is 4.79 Å². The fraction of sp³-hybridized carbons (Fsp3) is 0.636. The molecule has 0 saturated carbocycles. The Labute approximate surface area is 177 Å². The second-order valence-electron chi connectivity index (χ2n) is 7.84. The van der Waals surface area contributed by atoms with E-state index in [1.807, 2.05) is 37.4 Å². The molecule has 1 N–H and O–H groups in total. The van der Waals surface area contributed by atoms with Crippen molar-refractivity contribution in [1.29, 1.82) is 0 Å². The van der Waals surface area contributed by atoms with Crippen molar-refractivity contribution in [2.24, 2.45) is 5.41 Å². The zero-order chi connectivity index (χ0) is 20.7. The largest absolute Gasteiger partial charge is 0.466 e. The Morgan fingerprint density at radius 3 is 2.76 bits per heavy atom. The van der Waals surface area contributed by atoms with Crippen LogP contribution in [-0.4, -0.2) is 55.6 Å². The molecule has 1 aromatic rings. The summed E-state index contributed by atoms with van der Waals surface area (Å²) in [4.78, 5) is 28.5. The molecule has 0 bridgehead atoms. The lowest BCUT2D eigenvalue weighted by molar-refractivity contribution is -0.162. The number of hydrogen-bond acceptors (Lipinski definition) is 5.